The number of hydrogen-bond donors (Lipinski definition) is 2. The van der Waals surface area contributed by atoms with Crippen molar-refractivity contribution in [1.82, 2.24) is 4.98 Å². The molecule has 0 spiro atoms. The van der Waals surface area contributed by atoms with Gasteiger partial charge in [0.1, 0.15) is 11.5 Å². The Balaban J connectivity index is 1.66. The van der Waals surface area contributed by atoms with Crippen molar-refractivity contribution in [3.63, 3.8) is 0 Å². The second-order valence-electron chi connectivity index (χ2n) is 5.65. The minimum Gasteiger partial charge on any atom is -0.453 e. The van der Waals surface area contributed by atoms with Crippen LogP contribution in [0.4, 0.5) is 10.1 Å². The molecule has 7 heteroatoms. The predicted molar refractivity (Wildman–Crippen MR) is 93.6 cm³/mol. The van der Waals surface area contributed by atoms with Crippen molar-refractivity contribution < 1.29 is 23.5 Å². The van der Waals surface area contributed by atoms with E-state index in [1.54, 1.807) is 6.07 Å². The third-order valence-corrected chi connectivity index (χ3v) is 3.67. The van der Waals surface area contributed by atoms with Crippen LogP contribution in [-0.4, -0.2) is 29.3 Å². The number of ether oxygens (including phenoxy) is 1. The Morgan fingerprint density at radius 1 is 1.12 bits per heavy atom. The normalized spacial score (nSPS) is 10.5. The summed E-state index contributed by atoms with van der Waals surface area (Å²) in [5.74, 6) is -2.54. The molecule has 3 aromatic rings. The average molecular weight is 354 g/mol. The minimum absolute atomic E-state index is 0.209. The maximum absolute atomic E-state index is 14.0. The number of carbonyl (C=O) groups excluding carboxylic acids is 3. The van der Waals surface area contributed by atoms with Gasteiger partial charge in [-0.25, -0.2) is 9.18 Å². The fraction of sp³-hybridized carbons (Fsp3) is 0.105. The summed E-state index contributed by atoms with van der Waals surface area (Å²) in [4.78, 5) is 38.0. The van der Waals surface area contributed by atoms with Gasteiger partial charge in [0.2, 0.25) is 11.7 Å². The topological polar surface area (TPSA) is 88.3 Å². The molecule has 0 saturated heterocycles. The molecule has 0 fully saturated rings. The lowest BCUT2D eigenvalue weighted by molar-refractivity contribution is -0.114. The number of H-pyrrole nitrogens is 1. The number of amides is 1. The number of halogens is 1. The Hall–Kier alpha value is -3.48. The highest BCUT2D eigenvalue weighted by molar-refractivity contribution is 6.01. The number of Topliss-reactive ketones (excluding diaryl/α,β-unsaturated/α-hetero) is 1. The lowest BCUT2D eigenvalue weighted by Gasteiger charge is -2.07. The van der Waals surface area contributed by atoms with Crippen LogP contribution in [0, 0.1) is 5.82 Å². The summed E-state index contributed by atoms with van der Waals surface area (Å²) in [5.41, 5.74) is 0.996. The number of para-hydroxylation sites is 1. The number of aromatic nitrogens is 1. The van der Waals surface area contributed by atoms with Gasteiger partial charge < -0.3 is 15.0 Å². The van der Waals surface area contributed by atoms with Gasteiger partial charge in [0, 0.05) is 23.5 Å². The number of rotatable bonds is 5. The van der Waals surface area contributed by atoms with Crippen LogP contribution in [0.3, 0.4) is 0 Å². The van der Waals surface area contributed by atoms with Gasteiger partial charge in [-0.15, -0.1) is 0 Å². The van der Waals surface area contributed by atoms with Crippen LogP contribution in [0.5, 0.6) is 0 Å². The Bertz CT molecular complexity index is 977. The number of nitrogens with one attached hydrogen (secondary N) is 2. The van der Waals surface area contributed by atoms with Gasteiger partial charge in [-0.1, -0.05) is 18.2 Å². The summed E-state index contributed by atoms with van der Waals surface area (Å²) >= 11 is 0. The van der Waals surface area contributed by atoms with Crippen molar-refractivity contribution in [3.8, 4) is 0 Å². The van der Waals surface area contributed by atoms with Crippen LogP contribution in [0.25, 0.3) is 10.9 Å². The van der Waals surface area contributed by atoms with Gasteiger partial charge >= 0.3 is 5.97 Å². The molecule has 1 aromatic heterocycles. The van der Waals surface area contributed by atoms with E-state index in [2.05, 4.69) is 10.3 Å². The second-order valence-corrected chi connectivity index (χ2v) is 5.65. The second kappa shape index (κ2) is 7.18. The number of aromatic amines is 1. The van der Waals surface area contributed by atoms with Crippen molar-refractivity contribution in [2.45, 2.75) is 6.92 Å². The largest absolute Gasteiger partial charge is 0.453 e. The van der Waals surface area contributed by atoms with Crippen LogP contribution in [0.15, 0.2) is 48.5 Å². The lowest BCUT2D eigenvalue weighted by atomic mass is 10.1. The van der Waals surface area contributed by atoms with E-state index in [-0.39, 0.29) is 22.9 Å². The van der Waals surface area contributed by atoms with Crippen molar-refractivity contribution in [2.75, 3.05) is 11.9 Å². The molecule has 132 valence electrons. The smallest absolute Gasteiger partial charge is 0.355 e. The third-order valence-electron chi connectivity index (χ3n) is 3.67. The van der Waals surface area contributed by atoms with Crippen LogP contribution in [0.1, 0.15) is 27.8 Å². The van der Waals surface area contributed by atoms with Crippen molar-refractivity contribution in [2.24, 2.45) is 0 Å². The van der Waals surface area contributed by atoms with Crippen molar-refractivity contribution >= 4 is 34.3 Å². The Labute approximate surface area is 148 Å². The van der Waals surface area contributed by atoms with Crippen LogP contribution in [0.2, 0.25) is 0 Å². The summed E-state index contributed by atoms with van der Waals surface area (Å²) in [6, 6.07) is 12.6. The van der Waals surface area contributed by atoms with Gasteiger partial charge in [0.15, 0.2) is 6.61 Å². The molecule has 2 aromatic carbocycles. The van der Waals surface area contributed by atoms with E-state index < -0.39 is 24.2 Å². The molecule has 2 N–H and O–H groups in total. The molecule has 6 nitrogen and oxygen atoms in total. The number of anilines is 1. The first-order valence-electron chi connectivity index (χ1n) is 7.79. The Morgan fingerprint density at radius 3 is 2.58 bits per heavy atom. The first-order chi connectivity index (χ1) is 12.4. The van der Waals surface area contributed by atoms with Crippen molar-refractivity contribution in [3.05, 3.63) is 65.6 Å². The highest BCUT2D eigenvalue weighted by Crippen LogP contribution is 2.17. The molecule has 0 unspecified atom stereocenters. The fourth-order valence-corrected chi connectivity index (χ4v) is 2.49. The maximum Gasteiger partial charge on any atom is 0.355 e. The van der Waals surface area contributed by atoms with Crippen LogP contribution < -0.4 is 5.32 Å². The number of hydrogen-bond acceptors (Lipinski definition) is 4. The standard InChI is InChI=1S/C19H15FN2O4/c1-11(23)21-13-6-7-14(15(20)9-13)18(24)10-26-19(25)17-8-12-4-2-3-5-16(12)22-17/h2-9,22H,10H2,1H3,(H,21,23). The fourth-order valence-electron chi connectivity index (χ4n) is 2.49. The molecule has 0 aliphatic heterocycles. The van der Waals surface area contributed by atoms with Crippen LogP contribution in [-0.2, 0) is 9.53 Å². The molecule has 0 atom stereocenters. The Kier molecular flexibility index (Phi) is 4.79. The third kappa shape index (κ3) is 3.77. The number of benzene rings is 2. The van der Waals surface area contributed by atoms with Crippen LogP contribution >= 0.6 is 0 Å². The molecule has 1 amide bonds. The van der Waals surface area contributed by atoms with Gasteiger partial charge in [-0.2, -0.15) is 0 Å². The monoisotopic (exact) mass is 354 g/mol. The summed E-state index contributed by atoms with van der Waals surface area (Å²) in [5, 5.41) is 3.25. The quantitative estimate of drug-likeness (QED) is 0.543. The minimum atomic E-state index is -0.803. The number of ketones is 1. The maximum atomic E-state index is 14.0. The zero-order chi connectivity index (χ0) is 18.7. The number of esters is 1. The Morgan fingerprint density at radius 2 is 1.88 bits per heavy atom. The molecule has 1 heterocycles. The zero-order valence-electron chi connectivity index (χ0n) is 13.8. The molecular weight excluding hydrogens is 339 g/mol. The molecule has 0 radical (unpaired) electrons. The first-order valence-corrected chi connectivity index (χ1v) is 7.79. The lowest BCUT2D eigenvalue weighted by Crippen LogP contribution is -2.16. The van der Waals surface area contributed by atoms with Gasteiger partial charge in [-0.05, 0) is 30.3 Å². The summed E-state index contributed by atoms with van der Waals surface area (Å²) in [7, 11) is 0. The van der Waals surface area contributed by atoms with E-state index in [0.717, 1.165) is 17.0 Å². The van der Waals surface area contributed by atoms with E-state index in [0.29, 0.717) is 0 Å². The first kappa shape index (κ1) is 17.3. The SMILES string of the molecule is CC(=O)Nc1ccc(C(=O)COC(=O)c2cc3ccccc3[nH]2)c(F)c1. The average Bonchev–Trinajstić information content (AvgIpc) is 3.03. The molecule has 0 aliphatic carbocycles. The summed E-state index contributed by atoms with van der Waals surface area (Å²) < 4.78 is 19.0. The molecule has 3 rings (SSSR count). The molecule has 0 saturated carbocycles. The van der Waals surface area contributed by atoms with E-state index in [1.165, 1.54) is 19.1 Å². The molecule has 26 heavy (non-hydrogen) atoms. The predicted octanol–water partition coefficient (Wildman–Crippen LogP) is 3.31. The number of carbonyl (C=O) groups is 3. The summed E-state index contributed by atoms with van der Waals surface area (Å²) in [6.45, 7) is 0.699. The zero-order valence-corrected chi connectivity index (χ0v) is 13.8. The van der Waals surface area contributed by atoms with Gasteiger partial charge in [0.25, 0.3) is 0 Å². The van der Waals surface area contributed by atoms with Gasteiger partial charge in [0.05, 0.1) is 5.56 Å². The summed E-state index contributed by atoms with van der Waals surface area (Å²) in [6.07, 6.45) is 0. The molecule has 0 bridgehead atoms. The van der Waals surface area contributed by atoms with Gasteiger partial charge in [-0.3, -0.25) is 9.59 Å². The molecular formula is C19H15FN2O4. The number of fused-ring (bicyclic) bond motifs is 1. The van der Waals surface area contributed by atoms with E-state index >= 15 is 0 Å². The van der Waals surface area contributed by atoms with E-state index in [1.807, 2.05) is 24.3 Å². The highest BCUT2D eigenvalue weighted by Gasteiger charge is 2.17. The van der Waals surface area contributed by atoms with E-state index in [9.17, 15) is 18.8 Å². The highest BCUT2D eigenvalue weighted by atomic mass is 19.1. The van der Waals surface area contributed by atoms with Crippen molar-refractivity contribution in [1.29, 1.82) is 0 Å². The molecule has 0 aliphatic rings. The van der Waals surface area contributed by atoms with E-state index in [4.69, 9.17) is 4.74 Å².